The molecule has 0 spiro atoms. The van der Waals surface area contributed by atoms with Crippen molar-refractivity contribution in [1.82, 2.24) is 0 Å². The molecule has 0 unspecified atom stereocenters. The van der Waals surface area contributed by atoms with Gasteiger partial charge in [-0.1, -0.05) is 0 Å². The first-order valence-corrected chi connectivity index (χ1v) is 3.87. The molecule has 1 rings (SSSR count). The van der Waals surface area contributed by atoms with Gasteiger partial charge in [0.1, 0.15) is 16.0 Å². The zero-order valence-corrected chi connectivity index (χ0v) is 7.94. The van der Waals surface area contributed by atoms with Crippen molar-refractivity contribution < 1.29 is 9.47 Å². The predicted molar refractivity (Wildman–Crippen MR) is 46.1 cm³/mol. The Morgan fingerprint density at radius 3 is 2.64 bits per heavy atom. The summed E-state index contributed by atoms with van der Waals surface area (Å²) in [6.45, 7) is 0. The maximum atomic E-state index is 5.04. The summed E-state index contributed by atoms with van der Waals surface area (Å²) >= 11 is 3.32. The van der Waals surface area contributed by atoms with E-state index in [4.69, 9.17) is 9.47 Å². The number of ether oxygens (including phenoxy) is 2. The maximum Gasteiger partial charge on any atom is 0.144 e. The van der Waals surface area contributed by atoms with Gasteiger partial charge >= 0.3 is 0 Å². The summed E-state index contributed by atoms with van der Waals surface area (Å²) in [5.74, 6) is 1.41. The summed E-state index contributed by atoms with van der Waals surface area (Å²) < 4.78 is 10.8. The fourth-order valence-corrected chi connectivity index (χ4v) is 1.32. The molecule has 0 aromatic heterocycles. The molecule has 0 fully saturated rings. The average molecular weight is 216 g/mol. The number of hydrogen-bond acceptors (Lipinski definition) is 2. The van der Waals surface area contributed by atoms with Gasteiger partial charge in [0.25, 0.3) is 0 Å². The minimum absolute atomic E-state index is 0.657. The molecule has 11 heavy (non-hydrogen) atoms. The zero-order valence-electron chi connectivity index (χ0n) is 6.35. The lowest BCUT2D eigenvalue weighted by atomic mass is 10.3. The molecule has 0 saturated heterocycles. The third-order valence-corrected chi connectivity index (χ3v) is 2.04. The summed E-state index contributed by atoms with van der Waals surface area (Å²) in [4.78, 5) is 0. The van der Waals surface area contributed by atoms with E-state index < -0.39 is 0 Å². The van der Waals surface area contributed by atoms with E-state index in [1.807, 2.05) is 6.07 Å². The van der Waals surface area contributed by atoms with Crippen LogP contribution in [0.4, 0.5) is 0 Å². The normalized spacial score (nSPS) is 9.36. The van der Waals surface area contributed by atoms with Crippen molar-refractivity contribution in [2.75, 3.05) is 14.2 Å². The quantitative estimate of drug-likeness (QED) is 0.754. The SMILES string of the molecule is COc1[c]ccc(OC)c1Br. The Kier molecular flexibility index (Phi) is 2.76. The molecule has 2 nitrogen and oxygen atoms in total. The second-order valence-electron chi connectivity index (χ2n) is 1.89. The fourth-order valence-electron chi connectivity index (χ4n) is 0.748. The molecule has 3 heteroatoms. The van der Waals surface area contributed by atoms with Crippen LogP contribution in [0.1, 0.15) is 0 Å². The molecule has 0 amide bonds. The molecule has 0 atom stereocenters. The molecule has 1 aromatic rings. The standard InChI is InChI=1S/C8H8BrO2/c1-10-6-4-3-5-7(11-2)8(6)9/h3-4H,1-2H3. The topological polar surface area (TPSA) is 18.5 Å². The van der Waals surface area contributed by atoms with Crippen molar-refractivity contribution in [3.63, 3.8) is 0 Å². The maximum absolute atomic E-state index is 5.04. The Morgan fingerprint density at radius 1 is 1.36 bits per heavy atom. The highest BCUT2D eigenvalue weighted by atomic mass is 79.9. The van der Waals surface area contributed by atoms with Gasteiger partial charge in [-0.15, -0.1) is 0 Å². The predicted octanol–water partition coefficient (Wildman–Crippen LogP) is 2.27. The third-order valence-electron chi connectivity index (χ3n) is 1.29. The van der Waals surface area contributed by atoms with Crippen LogP contribution in [0.5, 0.6) is 11.5 Å². The van der Waals surface area contributed by atoms with E-state index in [1.54, 1.807) is 20.3 Å². The molecule has 0 aliphatic carbocycles. The number of methoxy groups -OCH3 is 2. The molecule has 1 radical (unpaired) electrons. The van der Waals surface area contributed by atoms with Crippen molar-refractivity contribution in [1.29, 1.82) is 0 Å². The first kappa shape index (κ1) is 8.40. The highest BCUT2D eigenvalue weighted by Gasteiger charge is 2.04. The lowest BCUT2D eigenvalue weighted by molar-refractivity contribution is 0.389. The molecule has 1 aromatic carbocycles. The van der Waals surface area contributed by atoms with Gasteiger partial charge in [-0.2, -0.15) is 0 Å². The lowest BCUT2D eigenvalue weighted by Gasteiger charge is -2.05. The largest absolute Gasteiger partial charge is 0.495 e. The molecular weight excluding hydrogens is 208 g/mol. The zero-order chi connectivity index (χ0) is 8.27. The van der Waals surface area contributed by atoms with Crippen molar-refractivity contribution in [2.45, 2.75) is 0 Å². The summed E-state index contributed by atoms with van der Waals surface area (Å²) in [6, 6.07) is 6.48. The second-order valence-corrected chi connectivity index (χ2v) is 2.69. The van der Waals surface area contributed by atoms with Crippen molar-refractivity contribution >= 4 is 15.9 Å². The molecule has 0 heterocycles. The molecule has 0 bridgehead atoms. The van der Waals surface area contributed by atoms with Gasteiger partial charge in [-0.25, -0.2) is 0 Å². The Bertz CT molecular complexity index is 226. The van der Waals surface area contributed by atoms with Gasteiger partial charge in [0.15, 0.2) is 0 Å². The summed E-state index contributed by atoms with van der Waals surface area (Å²) in [5.41, 5.74) is 0. The minimum Gasteiger partial charge on any atom is -0.495 e. The van der Waals surface area contributed by atoms with E-state index in [-0.39, 0.29) is 0 Å². The first-order valence-electron chi connectivity index (χ1n) is 3.07. The minimum atomic E-state index is 0.657. The summed E-state index contributed by atoms with van der Waals surface area (Å²) in [7, 11) is 3.20. The van der Waals surface area contributed by atoms with Gasteiger partial charge in [0.05, 0.1) is 14.2 Å². The van der Waals surface area contributed by atoms with E-state index in [2.05, 4.69) is 22.0 Å². The van der Waals surface area contributed by atoms with Crippen molar-refractivity contribution in [3.05, 3.63) is 22.7 Å². The number of benzene rings is 1. The molecular formula is C8H8BrO2. The Hall–Kier alpha value is -0.700. The smallest absolute Gasteiger partial charge is 0.144 e. The molecule has 0 saturated carbocycles. The van der Waals surface area contributed by atoms with E-state index in [9.17, 15) is 0 Å². The summed E-state index contributed by atoms with van der Waals surface area (Å²) in [6.07, 6.45) is 0. The van der Waals surface area contributed by atoms with Gasteiger partial charge < -0.3 is 9.47 Å². The highest BCUT2D eigenvalue weighted by molar-refractivity contribution is 9.10. The van der Waals surface area contributed by atoms with E-state index in [0.29, 0.717) is 5.75 Å². The number of halogens is 1. The van der Waals surface area contributed by atoms with Crippen LogP contribution in [-0.4, -0.2) is 14.2 Å². The first-order chi connectivity index (χ1) is 5.29. The Balaban J connectivity index is 3.10. The van der Waals surface area contributed by atoms with E-state index in [0.717, 1.165) is 10.2 Å². The summed E-state index contributed by atoms with van der Waals surface area (Å²) in [5, 5.41) is 0. The van der Waals surface area contributed by atoms with Crippen LogP contribution < -0.4 is 9.47 Å². The van der Waals surface area contributed by atoms with Crippen LogP contribution in [0.15, 0.2) is 16.6 Å². The van der Waals surface area contributed by atoms with Crippen LogP contribution >= 0.6 is 15.9 Å². The van der Waals surface area contributed by atoms with Gasteiger partial charge in [0, 0.05) is 6.07 Å². The molecule has 0 aliphatic heterocycles. The van der Waals surface area contributed by atoms with Crippen molar-refractivity contribution in [3.8, 4) is 11.5 Å². The van der Waals surface area contributed by atoms with Gasteiger partial charge in [-0.3, -0.25) is 0 Å². The monoisotopic (exact) mass is 215 g/mol. The molecule has 59 valence electrons. The molecule has 0 N–H and O–H groups in total. The van der Waals surface area contributed by atoms with Crippen LogP contribution in [0.25, 0.3) is 0 Å². The lowest BCUT2D eigenvalue weighted by Crippen LogP contribution is -1.88. The van der Waals surface area contributed by atoms with Crippen LogP contribution in [0.2, 0.25) is 0 Å². The van der Waals surface area contributed by atoms with E-state index >= 15 is 0 Å². The van der Waals surface area contributed by atoms with E-state index in [1.165, 1.54) is 0 Å². The van der Waals surface area contributed by atoms with Crippen LogP contribution in [0, 0.1) is 6.07 Å². The highest BCUT2D eigenvalue weighted by Crippen LogP contribution is 2.32. The molecule has 0 aliphatic rings. The fraction of sp³-hybridized carbons (Fsp3) is 0.250. The van der Waals surface area contributed by atoms with Gasteiger partial charge in [0.2, 0.25) is 0 Å². The second kappa shape index (κ2) is 3.62. The number of hydrogen-bond donors (Lipinski definition) is 0. The Morgan fingerprint density at radius 2 is 2.09 bits per heavy atom. The number of rotatable bonds is 2. The average Bonchev–Trinajstić information content (AvgIpc) is 2.05. The van der Waals surface area contributed by atoms with Gasteiger partial charge in [-0.05, 0) is 28.1 Å². The van der Waals surface area contributed by atoms with Crippen LogP contribution in [0.3, 0.4) is 0 Å². The van der Waals surface area contributed by atoms with Crippen LogP contribution in [-0.2, 0) is 0 Å². The third kappa shape index (κ3) is 1.66. The Labute approximate surface area is 74.3 Å². The van der Waals surface area contributed by atoms with Crippen molar-refractivity contribution in [2.24, 2.45) is 0 Å².